The molecule has 0 amide bonds. The minimum absolute atomic E-state index is 0.516. The molecule has 0 unspecified atom stereocenters. The molecule has 6 nitrogen and oxygen atoms in total. The molecule has 0 radical (unpaired) electrons. The van der Waals surface area contributed by atoms with Gasteiger partial charge in [0.05, 0.1) is 42.0 Å². The molecule has 0 aliphatic rings. The van der Waals surface area contributed by atoms with E-state index in [1.807, 2.05) is 34.6 Å². The van der Waals surface area contributed by atoms with Gasteiger partial charge in [0.15, 0.2) is 5.11 Å². The first-order valence-electron chi connectivity index (χ1n) is 10.6. The first-order chi connectivity index (χ1) is 15.4. The fourth-order valence-corrected chi connectivity index (χ4v) is 3.99. The number of hydrogen-bond donors (Lipinski definition) is 2. The lowest BCUT2D eigenvalue weighted by Gasteiger charge is -2.10. The van der Waals surface area contributed by atoms with Crippen molar-refractivity contribution in [1.82, 2.24) is 19.6 Å². The number of anilines is 2. The number of aryl methyl sites for hydroxylation is 3. The van der Waals surface area contributed by atoms with Gasteiger partial charge in [0.1, 0.15) is 0 Å². The van der Waals surface area contributed by atoms with Crippen LogP contribution in [0.1, 0.15) is 33.6 Å². The molecule has 2 N–H and O–H groups in total. The Morgan fingerprint density at radius 3 is 2.56 bits per heavy atom. The van der Waals surface area contributed by atoms with Gasteiger partial charge in [0, 0.05) is 6.20 Å². The van der Waals surface area contributed by atoms with Crippen LogP contribution >= 0.6 is 12.2 Å². The first kappa shape index (κ1) is 21.8. The normalized spacial score (nSPS) is 10.9. The highest BCUT2D eigenvalue weighted by Crippen LogP contribution is 2.21. The molecule has 4 aromatic rings. The van der Waals surface area contributed by atoms with Crippen molar-refractivity contribution < 1.29 is 0 Å². The molecule has 7 heteroatoms. The fraction of sp³-hybridized carbons (Fsp3) is 0.240. The summed E-state index contributed by atoms with van der Waals surface area (Å²) in [5, 5.41) is 16.2. The summed E-state index contributed by atoms with van der Waals surface area (Å²) in [5.41, 5.74) is 8.71. The highest BCUT2D eigenvalue weighted by molar-refractivity contribution is 7.80. The summed E-state index contributed by atoms with van der Waals surface area (Å²) in [7, 11) is 0. The van der Waals surface area contributed by atoms with Crippen molar-refractivity contribution in [3.63, 3.8) is 0 Å². The van der Waals surface area contributed by atoms with Gasteiger partial charge >= 0.3 is 0 Å². The Morgan fingerprint density at radius 2 is 1.78 bits per heavy atom. The molecular formula is C25H28N6S. The molecule has 32 heavy (non-hydrogen) atoms. The third-order valence-electron chi connectivity index (χ3n) is 5.52. The lowest BCUT2D eigenvalue weighted by atomic mass is 10.1. The molecule has 0 aliphatic carbocycles. The Hall–Kier alpha value is -3.45. The van der Waals surface area contributed by atoms with Crippen LogP contribution in [0, 0.1) is 27.7 Å². The fourth-order valence-electron chi connectivity index (χ4n) is 3.77. The van der Waals surface area contributed by atoms with Gasteiger partial charge in [0.2, 0.25) is 0 Å². The van der Waals surface area contributed by atoms with Crippen LogP contribution in [-0.2, 0) is 13.1 Å². The van der Waals surface area contributed by atoms with Crippen molar-refractivity contribution >= 4 is 28.7 Å². The average Bonchev–Trinajstić information content (AvgIpc) is 3.29. The average molecular weight is 445 g/mol. The molecule has 0 saturated heterocycles. The summed E-state index contributed by atoms with van der Waals surface area (Å²) in [6.45, 7) is 9.71. The van der Waals surface area contributed by atoms with Crippen LogP contribution < -0.4 is 10.6 Å². The Balaban J connectivity index is 1.41. The number of nitrogens with one attached hydrogen (secondary N) is 2. The summed E-state index contributed by atoms with van der Waals surface area (Å²) >= 11 is 5.56. The number of benzene rings is 2. The van der Waals surface area contributed by atoms with Gasteiger partial charge in [-0.1, -0.05) is 54.1 Å². The molecule has 2 heterocycles. The van der Waals surface area contributed by atoms with E-state index < -0.39 is 0 Å². The highest BCUT2D eigenvalue weighted by Gasteiger charge is 2.14. The molecule has 0 saturated carbocycles. The molecule has 0 atom stereocenters. The summed E-state index contributed by atoms with van der Waals surface area (Å²) in [6, 6.07) is 16.8. The second kappa shape index (κ2) is 9.36. The lowest BCUT2D eigenvalue weighted by Crippen LogP contribution is -2.19. The largest absolute Gasteiger partial charge is 0.330 e. The van der Waals surface area contributed by atoms with Crippen LogP contribution in [0.4, 0.5) is 11.4 Å². The molecule has 0 bridgehead atoms. The zero-order valence-electron chi connectivity index (χ0n) is 18.9. The minimum atomic E-state index is 0.516. The maximum Gasteiger partial charge on any atom is 0.175 e. The Bertz CT molecular complexity index is 1250. The molecular weight excluding hydrogens is 416 g/mol. The monoisotopic (exact) mass is 444 g/mol. The predicted molar refractivity (Wildman–Crippen MR) is 134 cm³/mol. The van der Waals surface area contributed by atoms with E-state index >= 15 is 0 Å². The van der Waals surface area contributed by atoms with Gasteiger partial charge in [0.25, 0.3) is 0 Å². The van der Waals surface area contributed by atoms with Crippen molar-refractivity contribution in [2.24, 2.45) is 0 Å². The first-order valence-corrected chi connectivity index (χ1v) is 11.0. The van der Waals surface area contributed by atoms with Gasteiger partial charge in [-0.05, 0) is 56.6 Å². The van der Waals surface area contributed by atoms with Crippen LogP contribution in [0.15, 0.2) is 60.9 Å². The summed E-state index contributed by atoms with van der Waals surface area (Å²) in [5.74, 6) is 0. The van der Waals surface area contributed by atoms with Gasteiger partial charge < -0.3 is 10.6 Å². The molecule has 164 valence electrons. The topological polar surface area (TPSA) is 59.7 Å². The smallest absolute Gasteiger partial charge is 0.175 e. The predicted octanol–water partition coefficient (Wildman–Crippen LogP) is 5.22. The second-order valence-electron chi connectivity index (χ2n) is 8.12. The van der Waals surface area contributed by atoms with Crippen LogP contribution in [0.3, 0.4) is 0 Å². The lowest BCUT2D eigenvalue weighted by molar-refractivity contribution is 0.659. The number of thiocarbonyl (C=S) groups is 1. The standard InChI is InChI=1S/C25H28N6S/c1-17-8-7-10-21(12-17)14-31-20(4)24(19(3)29-31)28-25(32)27-23-13-26-30(16-23)15-22-11-6-5-9-18(22)2/h5-13,16H,14-15H2,1-4H3,(H2,27,28,32). The van der Waals surface area contributed by atoms with E-state index in [4.69, 9.17) is 17.3 Å². The Morgan fingerprint density at radius 1 is 0.969 bits per heavy atom. The number of hydrogen-bond acceptors (Lipinski definition) is 3. The van der Waals surface area contributed by atoms with Crippen molar-refractivity contribution in [1.29, 1.82) is 0 Å². The van der Waals surface area contributed by atoms with Crippen LogP contribution in [0.2, 0.25) is 0 Å². The van der Waals surface area contributed by atoms with E-state index in [1.165, 1.54) is 22.3 Å². The van der Waals surface area contributed by atoms with Crippen LogP contribution in [0.5, 0.6) is 0 Å². The molecule has 0 fully saturated rings. The maximum atomic E-state index is 5.56. The number of nitrogens with zero attached hydrogens (tertiary/aromatic N) is 4. The molecule has 0 spiro atoms. The van der Waals surface area contributed by atoms with E-state index in [0.717, 1.165) is 35.9 Å². The summed E-state index contributed by atoms with van der Waals surface area (Å²) in [6.07, 6.45) is 3.74. The van der Waals surface area contributed by atoms with E-state index in [-0.39, 0.29) is 0 Å². The Kier molecular flexibility index (Phi) is 6.37. The number of rotatable bonds is 6. The summed E-state index contributed by atoms with van der Waals surface area (Å²) in [4.78, 5) is 0. The van der Waals surface area contributed by atoms with Crippen molar-refractivity contribution in [2.75, 3.05) is 10.6 Å². The van der Waals surface area contributed by atoms with E-state index in [2.05, 4.69) is 72.9 Å². The van der Waals surface area contributed by atoms with E-state index in [9.17, 15) is 0 Å². The molecule has 2 aromatic carbocycles. The zero-order chi connectivity index (χ0) is 22.7. The second-order valence-corrected chi connectivity index (χ2v) is 8.53. The highest BCUT2D eigenvalue weighted by atomic mass is 32.1. The van der Waals surface area contributed by atoms with Crippen LogP contribution in [-0.4, -0.2) is 24.7 Å². The van der Waals surface area contributed by atoms with Gasteiger partial charge in [-0.3, -0.25) is 9.36 Å². The van der Waals surface area contributed by atoms with Gasteiger partial charge in [-0.2, -0.15) is 10.2 Å². The van der Waals surface area contributed by atoms with Gasteiger partial charge in [-0.15, -0.1) is 0 Å². The summed E-state index contributed by atoms with van der Waals surface area (Å²) < 4.78 is 3.92. The van der Waals surface area contributed by atoms with Crippen LogP contribution in [0.25, 0.3) is 0 Å². The minimum Gasteiger partial charge on any atom is -0.330 e. The molecule has 4 rings (SSSR count). The SMILES string of the molecule is Cc1cccc(Cn2nc(C)c(NC(=S)Nc3cnn(Cc4ccccc4C)c3)c2C)c1. The van der Waals surface area contributed by atoms with E-state index in [1.54, 1.807) is 6.20 Å². The van der Waals surface area contributed by atoms with Crippen molar-refractivity contribution in [3.05, 3.63) is 94.6 Å². The van der Waals surface area contributed by atoms with E-state index in [0.29, 0.717) is 5.11 Å². The Labute approximate surface area is 194 Å². The van der Waals surface area contributed by atoms with Crippen molar-refractivity contribution in [3.8, 4) is 0 Å². The van der Waals surface area contributed by atoms with Gasteiger partial charge in [-0.25, -0.2) is 0 Å². The third-order valence-corrected chi connectivity index (χ3v) is 5.72. The number of aromatic nitrogens is 4. The molecule has 2 aromatic heterocycles. The molecule has 0 aliphatic heterocycles. The third kappa shape index (κ3) is 5.06. The quantitative estimate of drug-likeness (QED) is 0.399. The van der Waals surface area contributed by atoms with Crippen molar-refractivity contribution in [2.45, 2.75) is 40.8 Å². The maximum absolute atomic E-state index is 5.56. The zero-order valence-corrected chi connectivity index (χ0v) is 19.7.